The standard InChI is InChI=1S/C14H11ClF3N/c1-8(9-5-6-11(16)12(17)7-9)19-13-4-2-3-10(15)14(13)18/h2-8,19H,1H3. The van der Waals surface area contributed by atoms with E-state index < -0.39 is 17.5 Å². The fourth-order valence-corrected chi connectivity index (χ4v) is 1.89. The van der Waals surface area contributed by atoms with Crippen molar-refractivity contribution in [1.82, 2.24) is 0 Å². The molecule has 0 aromatic heterocycles. The average Bonchev–Trinajstić information content (AvgIpc) is 2.38. The lowest BCUT2D eigenvalue weighted by Gasteiger charge is -2.16. The molecular formula is C14H11ClF3N. The Hall–Kier alpha value is -1.68. The smallest absolute Gasteiger partial charge is 0.164 e. The van der Waals surface area contributed by atoms with Gasteiger partial charge in [0.05, 0.1) is 10.7 Å². The molecule has 5 heteroatoms. The van der Waals surface area contributed by atoms with Gasteiger partial charge in [0.2, 0.25) is 0 Å². The van der Waals surface area contributed by atoms with Crippen molar-refractivity contribution in [1.29, 1.82) is 0 Å². The summed E-state index contributed by atoms with van der Waals surface area (Å²) in [6.45, 7) is 1.72. The van der Waals surface area contributed by atoms with Gasteiger partial charge in [-0.3, -0.25) is 0 Å². The van der Waals surface area contributed by atoms with Gasteiger partial charge in [-0.1, -0.05) is 23.7 Å². The fourth-order valence-electron chi connectivity index (χ4n) is 1.71. The minimum absolute atomic E-state index is 0.00230. The molecule has 0 bridgehead atoms. The Morgan fingerprint density at radius 3 is 2.47 bits per heavy atom. The Balaban J connectivity index is 2.23. The van der Waals surface area contributed by atoms with Gasteiger partial charge < -0.3 is 5.32 Å². The molecule has 2 rings (SSSR count). The predicted molar refractivity (Wildman–Crippen MR) is 69.8 cm³/mol. The van der Waals surface area contributed by atoms with E-state index in [0.717, 1.165) is 12.1 Å². The summed E-state index contributed by atoms with van der Waals surface area (Å²) in [7, 11) is 0. The van der Waals surface area contributed by atoms with E-state index in [1.54, 1.807) is 13.0 Å². The third kappa shape index (κ3) is 3.01. The molecule has 100 valence electrons. The number of halogens is 4. The van der Waals surface area contributed by atoms with E-state index in [1.165, 1.54) is 18.2 Å². The first-order chi connectivity index (χ1) is 8.99. The highest BCUT2D eigenvalue weighted by Gasteiger charge is 2.12. The highest BCUT2D eigenvalue weighted by atomic mass is 35.5. The summed E-state index contributed by atoms with van der Waals surface area (Å²) in [6, 6.07) is 7.74. The van der Waals surface area contributed by atoms with Crippen molar-refractivity contribution in [2.75, 3.05) is 5.32 Å². The zero-order chi connectivity index (χ0) is 14.0. The van der Waals surface area contributed by atoms with Crippen LogP contribution in [0.1, 0.15) is 18.5 Å². The summed E-state index contributed by atoms with van der Waals surface area (Å²) in [5.74, 6) is -2.42. The molecular weight excluding hydrogens is 275 g/mol. The van der Waals surface area contributed by atoms with Gasteiger partial charge in [-0.15, -0.1) is 0 Å². The van der Waals surface area contributed by atoms with Crippen molar-refractivity contribution in [2.24, 2.45) is 0 Å². The van der Waals surface area contributed by atoms with Crippen LogP contribution >= 0.6 is 11.6 Å². The summed E-state index contributed by atoms with van der Waals surface area (Å²) >= 11 is 5.66. The predicted octanol–water partition coefficient (Wildman–Crippen LogP) is 4.93. The van der Waals surface area contributed by atoms with Crippen LogP contribution in [0, 0.1) is 17.5 Å². The second kappa shape index (κ2) is 5.53. The SMILES string of the molecule is CC(Nc1cccc(Cl)c1F)c1ccc(F)c(F)c1. The summed E-state index contributed by atoms with van der Waals surface area (Å²) in [6.07, 6.45) is 0. The lowest BCUT2D eigenvalue weighted by molar-refractivity contribution is 0.506. The molecule has 0 radical (unpaired) electrons. The molecule has 0 aliphatic carbocycles. The van der Waals surface area contributed by atoms with Crippen LogP contribution in [0.4, 0.5) is 18.9 Å². The van der Waals surface area contributed by atoms with E-state index in [0.29, 0.717) is 5.56 Å². The van der Waals surface area contributed by atoms with Crippen molar-refractivity contribution >= 4 is 17.3 Å². The maximum Gasteiger partial charge on any atom is 0.164 e. The first-order valence-electron chi connectivity index (χ1n) is 5.64. The summed E-state index contributed by atoms with van der Waals surface area (Å²) in [5, 5.41) is 2.87. The van der Waals surface area contributed by atoms with E-state index in [9.17, 15) is 13.2 Å². The Bertz CT molecular complexity index is 601. The lowest BCUT2D eigenvalue weighted by Crippen LogP contribution is -2.08. The number of hydrogen-bond donors (Lipinski definition) is 1. The number of nitrogens with one attached hydrogen (secondary N) is 1. The first kappa shape index (κ1) is 13.7. The molecule has 1 N–H and O–H groups in total. The normalized spacial score (nSPS) is 12.3. The summed E-state index contributed by atoms with van der Waals surface area (Å²) in [4.78, 5) is 0. The molecule has 0 saturated carbocycles. The zero-order valence-electron chi connectivity index (χ0n) is 10.1. The molecule has 1 unspecified atom stereocenters. The van der Waals surface area contributed by atoms with Gasteiger partial charge in [-0.05, 0) is 36.8 Å². The second-order valence-corrected chi connectivity index (χ2v) is 4.55. The highest BCUT2D eigenvalue weighted by molar-refractivity contribution is 6.31. The summed E-state index contributed by atoms with van der Waals surface area (Å²) < 4.78 is 39.6. The molecule has 0 aliphatic heterocycles. The van der Waals surface area contributed by atoms with E-state index in [2.05, 4.69) is 5.32 Å². The minimum Gasteiger partial charge on any atom is -0.376 e. The van der Waals surface area contributed by atoms with Gasteiger partial charge in [0.15, 0.2) is 17.5 Å². The van der Waals surface area contributed by atoms with Crippen LogP contribution < -0.4 is 5.32 Å². The lowest BCUT2D eigenvalue weighted by atomic mass is 10.1. The second-order valence-electron chi connectivity index (χ2n) is 4.14. The monoisotopic (exact) mass is 285 g/mol. The first-order valence-corrected chi connectivity index (χ1v) is 6.02. The maximum atomic E-state index is 13.7. The van der Waals surface area contributed by atoms with Gasteiger partial charge >= 0.3 is 0 Å². The largest absolute Gasteiger partial charge is 0.376 e. The Morgan fingerprint density at radius 1 is 1.05 bits per heavy atom. The topological polar surface area (TPSA) is 12.0 Å². The van der Waals surface area contributed by atoms with Crippen LogP contribution in [0.3, 0.4) is 0 Å². The molecule has 0 saturated heterocycles. The summed E-state index contributed by atoms with van der Waals surface area (Å²) in [5.41, 5.74) is 0.725. The van der Waals surface area contributed by atoms with Crippen LogP contribution in [0.15, 0.2) is 36.4 Å². The van der Waals surface area contributed by atoms with Crippen molar-refractivity contribution in [3.8, 4) is 0 Å². The van der Waals surface area contributed by atoms with Crippen LogP contribution in [0.25, 0.3) is 0 Å². The minimum atomic E-state index is -0.933. The van der Waals surface area contributed by atoms with Gasteiger partial charge in [0.25, 0.3) is 0 Å². The molecule has 0 heterocycles. The van der Waals surface area contributed by atoms with Gasteiger partial charge in [-0.25, -0.2) is 13.2 Å². The van der Waals surface area contributed by atoms with Gasteiger partial charge in [0.1, 0.15) is 0 Å². The van der Waals surface area contributed by atoms with E-state index in [-0.39, 0.29) is 16.8 Å². The quantitative estimate of drug-likeness (QED) is 0.843. The Kier molecular flexibility index (Phi) is 4.00. The average molecular weight is 286 g/mol. The molecule has 1 nitrogen and oxygen atoms in total. The van der Waals surface area contributed by atoms with Gasteiger partial charge in [-0.2, -0.15) is 0 Å². The number of rotatable bonds is 3. The third-order valence-corrected chi connectivity index (χ3v) is 3.06. The van der Waals surface area contributed by atoms with E-state index >= 15 is 0 Å². The van der Waals surface area contributed by atoms with Crippen LogP contribution in [0.5, 0.6) is 0 Å². The molecule has 2 aromatic rings. The Morgan fingerprint density at radius 2 is 1.79 bits per heavy atom. The Labute approximate surface area is 114 Å². The van der Waals surface area contributed by atoms with Crippen LogP contribution in [-0.2, 0) is 0 Å². The van der Waals surface area contributed by atoms with E-state index in [1.807, 2.05) is 0 Å². The third-order valence-electron chi connectivity index (χ3n) is 2.77. The number of hydrogen-bond acceptors (Lipinski definition) is 1. The van der Waals surface area contributed by atoms with E-state index in [4.69, 9.17) is 11.6 Å². The molecule has 0 aliphatic rings. The molecule has 1 atom stereocenters. The fraction of sp³-hybridized carbons (Fsp3) is 0.143. The van der Waals surface area contributed by atoms with Crippen molar-refractivity contribution in [3.05, 3.63) is 64.4 Å². The van der Waals surface area contributed by atoms with Crippen molar-refractivity contribution in [3.63, 3.8) is 0 Å². The molecule has 19 heavy (non-hydrogen) atoms. The van der Waals surface area contributed by atoms with Gasteiger partial charge in [0, 0.05) is 6.04 Å². The number of benzene rings is 2. The van der Waals surface area contributed by atoms with Crippen LogP contribution in [0.2, 0.25) is 5.02 Å². The van der Waals surface area contributed by atoms with Crippen molar-refractivity contribution in [2.45, 2.75) is 13.0 Å². The maximum absolute atomic E-state index is 13.7. The van der Waals surface area contributed by atoms with Crippen LogP contribution in [-0.4, -0.2) is 0 Å². The zero-order valence-corrected chi connectivity index (χ0v) is 10.8. The molecule has 0 amide bonds. The van der Waals surface area contributed by atoms with Crippen molar-refractivity contribution < 1.29 is 13.2 Å². The number of anilines is 1. The molecule has 0 fully saturated rings. The highest BCUT2D eigenvalue weighted by Crippen LogP contribution is 2.26. The molecule has 2 aromatic carbocycles. The molecule has 0 spiro atoms.